The fourth-order valence-electron chi connectivity index (χ4n) is 3.88. The summed E-state index contributed by atoms with van der Waals surface area (Å²) in [6.07, 6.45) is 2.03. The number of hydrogen-bond acceptors (Lipinski definition) is 7. The summed E-state index contributed by atoms with van der Waals surface area (Å²) in [6.45, 7) is 7.05. The van der Waals surface area contributed by atoms with Crippen LogP contribution in [0.3, 0.4) is 0 Å². The van der Waals surface area contributed by atoms with Crippen LogP contribution < -0.4 is 32.6 Å². The molecule has 2 atom stereocenters. The molecule has 1 aromatic carbocycles. The second-order valence-electron chi connectivity index (χ2n) is 9.45. The Morgan fingerprint density at radius 3 is 2.38 bits per heavy atom. The van der Waals surface area contributed by atoms with Gasteiger partial charge < -0.3 is 31.4 Å². The Kier molecular flexibility index (Phi) is 11.3. The second kappa shape index (κ2) is 14.1. The molecule has 11 heteroatoms. The lowest BCUT2D eigenvalue weighted by molar-refractivity contribution is -0.130. The maximum absolute atomic E-state index is 13.0. The third kappa shape index (κ3) is 9.68. The Morgan fingerprint density at radius 2 is 1.73 bits per heavy atom. The number of carbonyl (C=O) groups excluding carboxylic acids is 4. The van der Waals surface area contributed by atoms with E-state index in [9.17, 15) is 24.0 Å². The fraction of sp³-hybridized carbons (Fsp3) is 0.500. The first-order valence-electron chi connectivity index (χ1n) is 12.4. The molecule has 0 aliphatic carbocycles. The molecule has 0 aliphatic heterocycles. The molecule has 0 saturated carbocycles. The summed E-state index contributed by atoms with van der Waals surface area (Å²) in [4.78, 5) is 61.3. The number of nitrogens with one attached hydrogen (secondary N) is 4. The van der Waals surface area contributed by atoms with Gasteiger partial charge in [-0.1, -0.05) is 13.8 Å². The van der Waals surface area contributed by atoms with E-state index in [1.165, 1.54) is 13.0 Å². The van der Waals surface area contributed by atoms with Gasteiger partial charge in [0, 0.05) is 30.1 Å². The van der Waals surface area contributed by atoms with Gasteiger partial charge in [0.1, 0.15) is 17.7 Å². The zero-order chi connectivity index (χ0) is 27.5. The molecule has 4 amide bonds. The summed E-state index contributed by atoms with van der Waals surface area (Å²) >= 11 is 0. The SMILES string of the molecule is CC(=O)NC(CC(C)C)C(=O)NCC(=O)NC(CCCCN)C(=O)Nc1ccc2c(C)cc(=O)oc2c1. The van der Waals surface area contributed by atoms with Crippen LogP contribution in [0.2, 0.25) is 0 Å². The minimum Gasteiger partial charge on any atom is -0.423 e. The van der Waals surface area contributed by atoms with Crippen LogP contribution in [0.5, 0.6) is 0 Å². The third-order valence-corrected chi connectivity index (χ3v) is 5.64. The highest BCUT2D eigenvalue weighted by Crippen LogP contribution is 2.21. The first-order chi connectivity index (χ1) is 17.5. The highest BCUT2D eigenvalue weighted by atomic mass is 16.4. The van der Waals surface area contributed by atoms with Crippen LogP contribution >= 0.6 is 0 Å². The molecular weight excluding hydrogens is 478 g/mol. The second-order valence-corrected chi connectivity index (χ2v) is 9.45. The lowest BCUT2D eigenvalue weighted by Crippen LogP contribution is -2.51. The summed E-state index contributed by atoms with van der Waals surface area (Å²) in [7, 11) is 0. The van der Waals surface area contributed by atoms with E-state index < -0.39 is 35.4 Å². The van der Waals surface area contributed by atoms with Gasteiger partial charge in [-0.2, -0.15) is 0 Å². The smallest absolute Gasteiger partial charge is 0.336 e. The zero-order valence-electron chi connectivity index (χ0n) is 21.8. The molecule has 202 valence electrons. The van der Waals surface area contributed by atoms with E-state index in [0.717, 1.165) is 10.9 Å². The van der Waals surface area contributed by atoms with Crippen LogP contribution in [0.1, 0.15) is 52.0 Å². The standard InChI is InChI=1S/C26H37N5O6/c1-15(2)11-21(29-17(4)32)25(35)28-14-23(33)31-20(7-5-6-10-27)26(36)30-18-8-9-19-16(3)12-24(34)37-22(19)13-18/h8-9,12-13,15,20-21H,5-7,10-11,14,27H2,1-4H3,(H,28,35)(H,29,32)(H,30,36)(H,31,33). The largest absolute Gasteiger partial charge is 0.423 e. The average Bonchev–Trinajstić information content (AvgIpc) is 2.80. The number of aryl methyl sites for hydroxylation is 1. The van der Waals surface area contributed by atoms with Crippen LogP contribution in [-0.2, 0) is 19.2 Å². The number of benzene rings is 1. The number of hydrogen-bond donors (Lipinski definition) is 5. The molecule has 37 heavy (non-hydrogen) atoms. The highest BCUT2D eigenvalue weighted by molar-refractivity contribution is 5.99. The van der Waals surface area contributed by atoms with Crippen molar-refractivity contribution in [2.45, 2.75) is 65.5 Å². The van der Waals surface area contributed by atoms with Crippen molar-refractivity contribution in [1.82, 2.24) is 16.0 Å². The molecule has 11 nitrogen and oxygen atoms in total. The van der Waals surface area contributed by atoms with Crippen molar-refractivity contribution in [1.29, 1.82) is 0 Å². The minimum absolute atomic E-state index is 0.152. The molecule has 0 radical (unpaired) electrons. The monoisotopic (exact) mass is 515 g/mol. The van der Waals surface area contributed by atoms with Gasteiger partial charge in [0.15, 0.2) is 0 Å². The molecule has 1 heterocycles. The predicted octanol–water partition coefficient (Wildman–Crippen LogP) is 1.32. The van der Waals surface area contributed by atoms with Gasteiger partial charge in [-0.05, 0) is 62.8 Å². The van der Waals surface area contributed by atoms with Gasteiger partial charge in [-0.15, -0.1) is 0 Å². The van der Waals surface area contributed by atoms with Gasteiger partial charge in [0.05, 0.1) is 6.54 Å². The predicted molar refractivity (Wildman–Crippen MR) is 141 cm³/mol. The maximum atomic E-state index is 13.0. The molecule has 0 aliphatic rings. The minimum atomic E-state index is -0.877. The van der Waals surface area contributed by atoms with Gasteiger partial charge in [0.25, 0.3) is 0 Å². The van der Waals surface area contributed by atoms with Crippen molar-refractivity contribution in [2.24, 2.45) is 11.7 Å². The van der Waals surface area contributed by atoms with Gasteiger partial charge >= 0.3 is 5.63 Å². The van der Waals surface area contributed by atoms with Gasteiger partial charge in [-0.3, -0.25) is 19.2 Å². The lowest BCUT2D eigenvalue weighted by atomic mass is 10.0. The van der Waals surface area contributed by atoms with E-state index in [1.807, 2.05) is 13.8 Å². The van der Waals surface area contributed by atoms with E-state index in [1.54, 1.807) is 25.1 Å². The van der Waals surface area contributed by atoms with Crippen molar-refractivity contribution in [3.63, 3.8) is 0 Å². The van der Waals surface area contributed by atoms with E-state index in [-0.39, 0.29) is 18.4 Å². The summed E-state index contributed by atoms with van der Waals surface area (Å²) in [6, 6.07) is 4.73. The van der Waals surface area contributed by atoms with Crippen molar-refractivity contribution >= 4 is 40.3 Å². The van der Waals surface area contributed by atoms with Crippen LogP contribution in [0, 0.1) is 12.8 Å². The Bertz CT molecular complexity index is 1180. The number of nitrogens with two attached hydrogens (primary N) is 1. The van der Waals surface area contributed by atoms with Crippen LogP contribution in [0.4, 0.5) is 5.69 Å². The normalized spacial score (nSPS) is 12.6. The molecule has 2 unspecified atom stereocenters. The number of anilines is 1. The number of amides is 4. The van der Waals surface area contributed by atoms with Crippen LogP contribution in [-0.4, -0.2) is 48.8 Å². The Hall–Kier alpha value is -3.73. The number of fused-ring (bicyclic) bond motifs is 1. The van der Waals surface area contributed by atoms with Crippen LogP contribution in [0.15, 0.2) is 33.5 Å². The Morgan fingerprint density at radius 1 is 1.00 bits per heavy atom. The highest BCUT2D eigenvalue weighted by Gasteiger charge is 2.24. The van der Waals surface area contributed by atoms with Gasteiger partial charge in [0.2, 0.25) is 23.6 Å². The maximum Gasteiger partial charge on any atom is 0.336 e. The van der Waals surface area contributed by atoms with Crippen molar-refractivity contribution in [3.8, 4) is 0 Å². The van der Waals surface area contributed by atoms with Crippen molar-refractivity contribution in [2.75, 3.05) is 18.4 Å². The molecule has 0 spiro atoms. The number of rotatable bonds is 13. The first-order valence-corrected chi connectivity index (χ1v) is 12.4. The summed E-state index contributed by atoms with van der Waals surface area (Å²) in [5.74, 6) is -1.67. The number of unbranched alkanes of at least 4 members (excludes halogenated alkanes) is 1. The van der Waals surface area contributed by atoms with E-state index >= 15 is 0 Å². The summed E-state index contributed by atoms with van der Waals surface area (Å²) in [5.41, 5.74) is 6.58. The molecule has 0 bridgehead atoms. The van der Waals surface area contributed by atoms with Crippen LogP contribution in [0.25, 0.3) is 11.0 Å². The lowest BCUT2D eigenvalue weighted by Gasteiger charge is -2.21. The third-order valence-electron chi connectivity index (χ3n) is 5.64. The molecular formula is C26H37N5O6. The molecule has 0 fully saturated rings. The zero-order valence-corrected chi connectivity index (χ0v) is 21.8. The quantitative estimate of drug-likeness (QED) is 0.198. The summed E-state index contributed by atoms with van der Waals surface area (Å²) in [5, 5.41) is 11.3. The average molecular weight is 516 g/mol. The van der Waals surface area contributed by atoms with Crippen molar-refractivity contribution in [3.05, 3.63) is 40.2 Å². The molecule has 1 aromatic heterocycles. The molecule has 2 aromatic rings. The topological polar surface area (TPSA) is 173 Å². The molecule has 6 N–H and O–H groups in total. The van der Waals surface area contributed by atoms with E-state index in [2.05, 4.69) is 21.3 Å². The van der Waals surface area contributed by atoms with E-state index in [4.69, 9.17) is 10.2 Å². The van der Waals surface area contributed by atoms with Gasteiger partial charge in [-0.25, -0.2) is 4.79 Å². The van der Waals surface area contributed by atoms with Crippen molar-refractivity contribution < 1.29 is 23.6 Å². The molecule has 0 saturated heterocycles. The Balaban J connectivity index is 2.06. The first kappa shape index (κ1) is 29.5. The molecule has 2 rings (SSSR count). The van der Waals surface area contributed by atoms with E-state index in [0.29, 0.717) is 43.5 Å². The Labute approximate surface area is 215 Å². The number of carbonyl (C=O) groups is 4. The summed E-state index contributed by atoms with van der Waals surface area (Å²) < 4.78 is 5.23. The fourth-order valence-corrected chi connectivity index (χ4v) is 3.88.